The van der Waals surface area contributed by atoms with Gasteiger partial charge in [-0.15, -0.1) is 0 Å². The third kappa shape index (κ3) is 5.09. The second-order valence-corrected chi connectivity index (χ2v) is 8.18. The molecule has 1 atom stereocenters. The van der Waals surface area contributed by atoms with Crippen LogP contribution in [0.4, 0.5) is 5.69 Å². The first kappa shape index (κ1) is 27.1. The van der Waals surface area contributed by atoms with Crippen molar-refractivity contribution in [3.63, 3.8) is 0 Å². The summed E-state index contributed by atoms with van der Waals surface area (Å²) in [5.74, 6) is -9.52. The van der Waals surface area contributed by atoms with Crippen LogP contribution in [0.3, 0.4) is 0 Å². The van der Waals surface area contributed by atoms with Crippen LogP contribution in [0.2, 0.25) is 5.02 Å². The molecule has 198 valence electrons. The molecule has 0 aliphatic carbocycles. The van der Waals surface area contributed by atoms with Crippen LogP contribution >= 0.6 is 11.6 Å². The molecular weight excluding hydrogens is 516 g/mol. The van der Waals surface area contributed by atoms with Crippen molar-refractivity contribution in [3.8, 4) is 57.1 Å². The lowest BCUT2D eigenvalue weighted by atomic mass is 9.98. The fourth-order valence-corrected chi connectivity index (χ4v) is 3.79. The number of carboxylic acids is 1. The third-order valence-electron chi connectivity index (χ3n) is 5.44. The molecule has 0 spiro atoms. The smallest absolute Gasteiger partial charge is 0.343 e. The van der Waals surface area contributed by atoms with Gasteiger partial charge in [-0.05, 0) is 17.7 Å². The summed E-state index contributed by atoms with van der Waals surface area (Å²) in [4.78, 5) is 11.4. The molecule has 0 bridgehead atoms. The summed E-state index contributed by atoms with van der Waals surface area (Å²) in [7, 11) is 0. The van der Waals surface area contributed by atoms with Crippen LogP contribution in [-0.2, 0) is 0 Å². The highest BCUT2D eigenvalue weighted by molar-refractivity contribution is 6.34. The number of aromatic carboxylic acids is 1. The highest BCUT2D eigenvalue weighted by atomic mass is 35.5. The average molecular weight is 539 g/mol. The standard InChI is InChI=1S/C23H23ClN2O11/c24-14-16(29)12(18(31)22(35)20(14)33)10(27)7-25-4-5-26-9-3-1-2-8(6-9)11-15(28)13(23(36)37)19(32)21(34)17(11)30/h1-3,6,10,25-35H,4-5,7H2,(H,36,37). The Morgan fingerprint density at radius 1 is 0.811 bits per heavy atom. The summed E-state index contributed by atoms with van der Waals surface area (Å²) in [6.45, 7) is 0.269. The number of benzene rings is 3. The molecule has 0 heterocycles. The predicted molar refractivity (Wildman–Crippen MR) is 130 cm³/mol. The van der Waals surface area contributed by atoms with Crippen LogP contribution in [0.1, 0.15) is 22.0 Å². The third-order valence-corrected chi connectivity index (χ3v) is 5.80. The van der Waals surface area contributed by atoms with Crippen molar-refractivity contribution < 1.29 is 55.9 Å². The molecule has 0 aliphatic heterocycles. The van der Waals surface area contributed by atoms with Crippen molar-refractivity contribution in [1.82, 2.24) is 5.32 Å². The number of aliphatic hydroxyl groups excluding tert-OH is 1. The van der Waals surface area contributed by atoms with Crippen molar-refractivity contribution in [2.45, 2.75) is 6.10 Å². The minimum atomic E-state index is -1.72. The van der Waals surface area contributed by atoms with Crippen molar-refractivity contribution in [2.75, 3.05) is 25.0 Å². The summed E-state index contributed by atoms with van der Waals surface area (Å²) in [5, 5.41) is 104. The van der Waals surface area contributed by atoms with Gasteiger partial charge in [0.1, 0.15) is 22.1 Å². The maximum atomic E-state index is 11.4. The van der Waals surface area contributed by atoms with E-state index in [9.17, 15) is 55.9 Å². The number of phenols is 8. The zero-order valence-electron chi connectivity index (χ0n) is 18.8. The SMILES string of the molecule is O=C(O)c1c(O)c(O)c(O)c(-c2cccc(NCCNCC(O)c3c(O)c(O)c(O)c(Cl)c3O)c2)c1O. The molecule has 0 fully saturated rings. The van der Waals surface area contributed by atoms with Gasteiger partial charge in [-0.1, -0.05) is 23.7 Å². The predicted octanol–water partition coefficient (Wildman–Crippen LogP) is 2.09. The number of carboxylic acid groups (broad SMARTS) is 1. The number of anilines is 1. The highest BCUT2D eigenvalue weighted by Crippen LogP contribution is 2.52. The number of aromatic hydroxyl groups is 8. The van der Waals surface area contributed by atoms with E-state index in [1.165, 1.54) is 18.2 Å². The highest BCUT2D eigenvalue weighted by Gasteiger charge is 2.29. The van der Waals surface area contributed by atoms with Crippen molar-refractivity contribution >= 4 is 23.3 Å². The van der Waals surface area contributed by atoms with Crippen LogP contribution in [0.5, 0.6) is 46.0 Å². The Hall–Kier alpha value is -4.46. The minimum absolute atomic E-state index is 0.121. The van der Waals surface area contributed by atoms with E-state index in [2.05, 4.69) is 10.6 Å². The number of phenolic OH excluding ortho intramolecular Hbond substituents is 6. The van der Waals surface area contributed by atoms with Crippen LogP contribution in [-0.4, -0.2) is 76.7 Å². The Kier molecular flexibility index (Phi) is 7.81. The first-order valence-corrected chi connectivity index (χ1v) is 10.9. The molecular formula is C23H23ClN2O11. The van der Waals surface area contributed by atoms with Crippen LogP contribution in [0.25, 0.3) is 11.1 Å². The molecule has 3 rings (SSSR count). The van der Waals surface area contributed by atoms with Crippen LogP contribution in [0.15, 0.2) is 24.3 Å². The van der Waals surface area contributed by atoms with E-state index in [-0.39, 0.29) is 25.2 Å². The molecule has 14 heteroatoms. The molecule has 13 nitrogen and oxygen atoms in total. The molecule has 0 aliphatic rings. The Morgan fingerprint density at radius 2 is 1.46 bits per heavy atom. The fourth-order valence-electron chi connectivity index (χ4n) is 3.60. The molecule has 0 radical (unpaired) electrons. The Bertz CT molecular complexity index is 1330. The van der Waals surface area contributed by atoms with Gasteiger partial charge in [-0.25, -0.2) is 4.79 Å². The first-order valence-electron chi connectivity index (χ1n) is 10.5. The Labute approximate surface area is 213 Å². The molecule has 37 heavy (non-hydrogen) atoms. The van der Waals surface area contributed by atoms with Crippen LogP contribution < -0.4 is 10.6 Å². The van der Waals surface area contributed by atoms with Crippen LogP contribution in [0, 0.1) is 0 Å². The van der Waals surface area contributed by atoms with E-state index in [0.717, 1.165) is 0 Å². The van der Waals surface area contributed by atoms with Crippen molar-refractivity contribution in [3.05, 3.63) is 40.4 Å². The number of aliphatic hydroxyl groups is 1. The van der Waals surface area contributed by atoms with Gasteiger partial charge >= 0.3 is 5.97 Å². The number of nitrogens with one attached hydrogen (secondary N) is 2. The zero-order chi connectivity index (χ0) is 27.6. The first-order chi connectivity index (χ1) is 17.4. The molecule has 0 amide bonds. The van der Waals surface area contributed by atoms with E-state index >= 15 is 0 Å². The van der Waals surface area contributed by atoms with E-state index in [1.54, 1.807) is 6.07 Å². The molecule has 3 aromatic carbocycles. The summed E-state index contributed by atoms with van der Waals surface area (Å²) >= 11 is 5.67. The largest absolute Gasteiger partial charge is 0.506 e. The topological polar surface area (TPSA) is 243 Å². The van der Waals surface area contributed by atoms with Gasteiger partial charge in [0.25, 0.3) is 0 Å². The van der Waals surface area contributed by atoms with Gasteiger partial charge in [0.05, 0.1) is 17.2 Å². The number of rotatable bonds is 9. The van der Waals surface area contributed by atoms with E-state index in [0.29, 0.717) is 5.69 Å². The summed E-state index contributed by atoms with van der Waals surface area (Å²) in [5.41, 5.74) is -1.30. The number of halogens is 1. The van der Waals surface area contributed by atoms with Gasteiger partial charge in [-0.3, -0.25) is 0 Å². The lowest BCUT2D eigenvalue weighted by Crippen LogP contribution is -2.27. The molecule has 0 saturated heterocycles. The summed E-state index contributed by atoms with van der Waals surface area (Å²) in [6, 6.07) is 5.99. The molecule has 3 aromatic rings. The zero-order valence-corrected chi connectivity index (χ0v) is 19.5. The minimum Gasteiger partial charge on any atom is -0.506 e. The van der Waals surface area contributed by atoms with Gasteiger partial charge in [0.2, 0.25) is 11.5 Å². The van der Waals surface area contributed by atoms with Gasteiger partial charge in [0, 0.05) is 25.3 Å². The lowest BCUT2D eigenvalue weighted by molar-refractivity contribution is 0.0689. The maximum absolute atomic E-state index is 11.4. The van der Waals surface area contributed by atoms with E-state index in [4.69, 9.17) is 11.6 Å². The second-order valence-electron chi connectivity index (χ2n) is 7.80. The van der Waals surface area contributed by atoms with Crippen molar-refractivity contribution in [1.29, 1.82) is 0 Å². The summed E-state index contributed by atoms with van der Waals surface area (Å²) < 4.78 is 0. The second kappa shape index (κ2) is 10.7. The van der Waals surface area contributed by atoms with Gasteiger partial charge in [0.15, 0.2) is 23.0 Å². The number of carbonyl (C=O) groups is 1. The quantitative estimate of drug-likeness (QED) is 0.106. The number of hydrogen-bond acceptors (Lipinski definition) is 12. The number of hydrogen-bond donors (Lipinski definition) is 12. The maximum Gasteiger partial charge on any atom is 0.343 e. The van der Waals surface area contributed by atoms with E-state index < -0.39 is 79.8 Å². The molecule has 0 aromatic heterocycles. The fraction of sp³-hybridized carbons (Fsp3) is 0.174. The summed E-state index contributed by atoms with van der Waals surface area (Å²) in [6.07, 6.45) is -1.51. The Balaban J connectivity index is 1.68. The van der Waals surface area contributed by atoms with E-state index in [1.807, 2.05) is 0 Å². The monoisotopic (exact) mass is 538 g/mol. The average Bonchev–Trinajstić information content (AvgIpc) is 2.85. The lowest BCUT2D eigenvalue weighted by Gasteiger charge is -2.18. The van der Waals surface area contributed by atoms with Gasteiger partial charge < -0.3 is 61.7 Å². The Morgan fingerprint density at radius 3 is 2.11 bits per heavy atom. The normalized spacial score (nSPS) is 11.8. The van der Waals surface area contributed by atoms with Gasteiger partial charge in [-0.2, -0.15) is 0 Å². The van der Waals surface area contributed by atoms with Crippen molar-refractivity contribution in [2.24, 2.45) is 0 Å². The molecule has 1 unspecified atom stereocenters. The molecule has 12 N–H and O–H groups in total. The molecule has 0 saturated carbocycles.